The van der Waals surface area contributed by atoms with Gasteiger partial charge in [0.15, 0.2) is 0 Å². The van der Waals surface area contributed by atoms with E-state index in [1.165, 1.54) is 12.3 Å². The summed E-state index contributed by atoms with van der Waals surface area (Å²) in [5.41, 5.74) is 2.42. The third-order valence-electron chi connectivity index (χ3n) is 3.73. The zero-order valence-electron chi connectivity index (χ0n) is 14.6. The molecule has 0 spiro atoms. The molecule has 0 aliphatic heterocycles. The molecule has 25 heavy (non-hydrogen) atoms. The molecule has 6 heteroatoms. The van der Waals surface area contributed by atoms with Crippen molar-refractivity contribution in [1.29, 1.82) is 0 Å². The molecule has 1 aromatic carbocycles. The van der Waals surface area contributed by atoms with Crippen LogP contribution in [-0.2, 0) is 12.0 Å². The first kappa shape index (κ1) is 16.8. The van der Waals surface area contributed by atoms with Gasteiger partial charge >= 0.3 is 0 Å². The Bertz CT molecular complexity index is 932. The van der Waals surface area contributed by atoms with Gasteiger partial charge in [0.2, 0.25) is 0 Å². The largest absolute Gasteiger partial charge is 0.307 e. The lowest BCUT2D eigenvalue weighted by Crippen LogP contribution is -2.22. The quantitative estimate of drug-likeness (QED) is 0.795. The summed E-state index contributed by atoms with van der Waals surface area (Å²) >= 11 is 0. The first-order chi connectivity index (χ1) is 11.9. The molecule has 128 valence electrons. The summed E-state index contributed by atoms with van der Waals surface area (Å²) in [4.78, 5) is 18.8. The molecule has 0 saturated carbocycles. The van der Waals surface area contributed by atoms with Crippen molar-refractivity contribution in [3.8, 4) is 0 Å². The fourth-order valence-corrected chi connectivity index (χ4v) is 2.40. The molecule has 0 radical (unpaired) electrons. The topological polar surface area (TPSA) is 76.5 Å². The first-order valence-electron chi connectivity index (χ1n) is 8.15. The van der Waals surface area contributed by atoms with Gasteiger partial charge < -0.3 is 4.98 Å². The highest BCUT2D eigenvalue weighted by molar-refractivity contribution is 5.78. The zero-order valence-corrected chi connectivity index (χ0v) is 14.6. The monoisotopic (exact) mass is 335 g/mol. The van der Waals surface area contributed by atoms with Gasteiger partial charge in [-0.2, -0.15) is 0 Å². The average molecular weight is 335 g/mol. The first-order valence-corrected chi connectivity index (χ1v) is 8.15. The molecule has 0 bridgehead atoms. The number of nitrogens with one attached hydrogen (secondary N) is 1. The van der Waals surface area contributed by atoms with Gasteiger partial charge in [0.25, 0.3) is 5.56 Å². The maximum absolute atomic E-state index is 11.7. The number of rotatable bonds is 4. The van der Waals surface area contributed by atoms with E-state index in [0.717, 1.165) is 16.8 Å². The van der Waals surface area contributed by atoms with Crippen molar-refractivity contribution in [3.63, 3.8) is 0 Å². The van der Waals surface area contributed by atoms with Crippen LogP contribution in [0, 0.1) is 0 Å². The molecule has 0 aliphatic rings. The van der Waals surface area contributed by atoms with Crippen LogP contribution in [-0.4, -0.2) is 25.0 Å². The van der Waals surface area contributed by atoms with Crippen LogP contribution in [0.5, 0.6) is 0 Å². The van der Waals surface area contributed by atoms with Crippen LogP contribution < -0.4 is 5.56 Å². The van der Waals surface area contributed by atoms with Gasteiger partial charge in [-0.05, 0) is 32.4 Å². The summed E-state index contributed by atoms with van der Waals surface area (Å²) in [7, 11) is 0. The Morgan fingerprint density at radius 1 is 1.20 bits per heavy atom. The normalized spacial score (nSPS) is 12.4. The van der Waals surface area contributed by atoms with E-state index >= 15 is 0 Å². The maximum Gasteiger partial charge on any atom is 0.251 e. The number of nitrogens with zero attached hydrogens (tertiary/aromatic N) is 4. The van der Waals surface area contributed by atoms with Crippen molar-refractivity contribution in [2.45, 2.75) is 32.7 Å². The van der Waals surface area contributed by atoms with Gasteiger partial charge in [-0.25, -0.2) is 9.67 Å². The van der Waals surface area contributed by atoms with Gasteiger partial charge in [-0.3, -0.25) is 4.79 Å². The predicted molar refractivity (Wildman–Crippen MR) is 97.9 cm³/mol. The van der Waals surface area contributed by atoms with E-state index in [9.17, 15) is 4.79 Å². The molecular formula is C19H21N5O. The number of aromatic nitrogens is 5. The van der Waals surface area contributed by atoms with Crippen LogP contribution in [0.3, 0.4) is 0 Å². The van der Waals surface area contributed by atoms with Gasteiger partial charge in [-0.1, -0.05) is 35.5 Å². The minimum Gasteiger partial charge on any atom is -0.307 e. The van der Waals surface area contributed by atoms with Crippen molar-refractivity contribution >= 4 is 11.6 Å². The smallest absolute Gasteiger partial charge is 0.251 e. The van der Waals surface area contributed by atoms with Crippen LogP contribution >= 0.6 is 0 Å². The van der Waals surface area contributed by atoms with Crippen molar-refractivity contribution in [2.24, 2.45) is 0 Å². The zero-order chi connectivity index (χ0) is 17.9. The van der Waals surface area contributed by atoms with Gasteiger partial charge in [0, 0.05) is 24.3 Å². The molecule has 3 aromatic rings. The van der Waals surface area contributed by atoms with Gasteiger partial charge in [0.1, 0.15) is 11.5 Å². The lowest BCUT2D eigenvalue weighted by Gasteiger charge is -2.17. The number of hydrogen-bond donors (Lipinski definition) is 1. The second-order valence-electron chi connectivity index (χ2n) is 6.87. The predicted octanol–water partition coefficient (Wildman–Crippen LogP) is 2.90. The second kappa shape index (κ2) is 6.84. The van der Waals surface area contributed by atoms with Gasteiger partial charge in [-0.15, -0.1) is 5.10 Å². The summed E-state index contributed by atoms with van der Waals surface area (Å²) in [5, 5.41) is 8.42. The number of hydrogen-bond acceptors (Lipinski definition) is 4. The molecule has 0 saturated heterocycles. The molecule has 1 N–H and O–H groups in total. The number of H-pyrrole nitrogens is 1. The molecule has 3 rings (SSSR count). The van der Waals surface area contributed by atoms with Crippen molar-refractivity contribution < 1.29 is 0 Å². The average Bonchev–Trinajstić information content (AvgIpc) is 3.04. The molecule has 2 aromatic heterocycles. The molecular weight excluding hydrogens is 314 g/mol. The molecule has 0 aliphatic carbocycles. The Kier molecular flexibility index (Phi) is 4.61. The van der Waals surface area contributed by atoms with E-state index < -0.39 is 0 Å². The third kappa shape index (κ3) is 4.29. The van der Waals surface area contributed by atoms with E-state index in [1.54, 1.807) is 0 Å². The Morgan fingerprint density at radius 3 is 2.60 bits per heavy atom. The minimum absolute atomic E-state index is 0.141. The molecule has 0 amide bonds. The Labute approximate surface area is 146 Å². The second-order valence-corrected chi connectivity index (χ2v) is 6.87. The fraction of sp³-hybridized carbons (Fsp3) is 0.263. The molecule has 0 atom stereocenters. The highest BCUT2D eigenvalue weighted by Gasteiger charge is 2.15. The highest BCUT2D eigenvalue weighted by Crippen LogP contribution is 2.20. The number of aromatic amines is 1. The van der Waals surface area contributed by atoms with E-state index in [0.29, 0.717) is 12.2 Å². The third-order valence-corrected chi connectivity index (χ3v) is 3.73. The maximum atomic E-state index is 11.7. The Morgan fingerprint density at radius 2 is 1.96 bits per heavy atom. The Hall–Kier alpha value is -3.02. The Balaban J connectivity index is 2.01. The van der Waals surface area contributed by atoms with Crippen LogP contribution in [0.4, 0.5) is 0 Å². The molecule has 0 fully saturated rings. The highest BCUT2D eigenvalue weighted by atomic mass is 16.1. The van der Waals surface area contributed by atoms with E-state index in [2.05, 4.69) is 41.1 Å². The van der Waals surface area contributed by atoms with E-state index in [1.807, 2.05) is 47.3 Å². The summed E-state index contributed by atoms with van der Waals surface area (Å²) in [6.45, 7) is 6.20. The molecule has 6 nitrogen and oxygen atoms in total. The standard InChI is InChI=1S/C19H21N5O/c1-19(2,3)24-13-16(22-23-24)12-15(11-14-7-5-4-6-8-14)18-20-10-9-17(25)21-18/h4-10,12-13H,11H2,1-3H3,(H,20,21,25). The summed E-state index contributed by atoms with van der Waals surface area (Å²) in [6, 6.07) is 11.4. The van der Waals surface area contributed by atoms with Crippen molar-refractivity contribution in [1.82, 2.24) is 25.0 Å². The van der Waals surface area contributed by atoms with E-state index in [4.69, 9.17) is 0 Å². The van der Waals surface area contributed by atoms with Crippen LogP contribution in [0.1, 0.15) is 37.9 Å². The summed E-state index contributed by atoms with van der Waals surface area (Å²) in [5.74, 6) is 0.543. The SMILES string of the molecule is CC(C)(C)n1cc(C=C(Cc2ccccc2)c2nccc(=O)[nH]2)nn1. The molecule has 2 heterocycles. The summed E-state index contributed by atoms with van der Waals surface area (Å²) < 4.78 is 1.82. The van der Waals surface area contributed by atoms with Crippen LogP contribution in [0.2, 0.25) is 0 Å². The fourth-order valence-electron chi connectivity index (χ4n) is 2.40. The van der Waals surface area contributed by atoms with Crippen LogP contribution in [0.25, 0.3) is 11.6 Å². The number of benzene rings is 1. The lowest BCUT2D eigenvalue weighted by atomic mass is 10.0. The van der Waals surface area contributed by atoms with Crippen molar-refractivity contribution in [2.75, 3.05) is 0 Å². The van der Waals surface area contributed by atoms with Crippen LogP contribution in [0.15, 0.2) is 53.6 Å². The van der Waals surface area contributed by atoms with Crippen molar-refractivity contribution in [3.05, 3.63) is 76.2 Å². The lowest BCUT2D eigenvalue weighted by molar-refractivity contribution is 0.347. The number of allylic oxidation sites excluding steroid dienone is 1. The van der Waals surface area contributed by atoms with E-state index in [-0.39, 0.29) is 11.1 Å². The summed E-state index contributed by atoms with van der Waals surface area (Å²) in [6.07, 6.45) is 5.96. The minimum atomic E-state index is -0.178. The molecule has 0 unspecified atom stereocenters. The van der Waals surface area contributed by atoms with Gasteiger partial charge in [0.05, 0.1) is 11.7 Å².